The lowest BCUT2D eigenvalue weighted by Gasteiger charge is -2.42. The smallest absolute Gasteiger partial charge is 0.305 e. The van der Waals surface area contributed by atoms with E-state index in [1.54, 1.807) is 0 Å². The Balaban J connectivity index is 1.67. The van der Waals surface area contributed by atoms with Gasteiger partial charge < -0.3 is 13.9 Å². The molecule has 4 nitrogen and oxygen atoms in total. The Hall–Kier alpha value is -2.67. The van der Waals surface area contributed by atoms with Gasteiger partial charge in [0, 0.05) is 24.0 Å². The minimum absolute atomic E-state index is 0.0304. The van der Waals surface area contributed by atoms with Gasteiger partial charge in [-0.2, -0.15) is 0 Å². The number of benzene rings is 1. The van der Waals surface area contributed by atoms with Gasteiger partial charge in [0.15, 0.2) is 5.76 Å². The van der Waals surface area contributed by atoms with Crippen molar-refractivity contribution in [3.8, 4) is 17.6 Å². The van der Waals surface area contributed by atoms with Gasteiger partial charge in [-0.05, 0) is 88.1 Å². The highest BCUT2D eigenvalue weighted by molar-refractivity contribution is 5.69. The minimum Gasteiger partial charge on any atom is -0.488 e. The molecule has 4 heteroatoms. The van der Waals surface area contributed by atoms with E-state index in [1.807, 2.05) is 19.1 Å². The van der Waals surface area contributed by atoms with Crippen molar-refractivity contribution in [2.45, 2.75) is 84.7 Å². The minimum atomic E-state index is -0.170. The zero-order valence-corrected chi connectivity index (χ0v) is 19.7. The summed E-state index contributed by atoms with van der Waals surface area (Å²) in [6.45, 7) is 13.2. The summed E-state index contributed by atoms with van der Waals surface area (Å²) in [5, 5.41) is 0. The van der Waals surface area contributed by atoms with Crippen LogP contribution in [0, 0.1) is 18.8 Å². The van der Waals surface area contributed by atoms with Crippen molar-refractivity contribution in [1.29, 1.82) is 0 Å². The van der Waals surface area contributed by atoms with E-state index in [2.05, 4.69) is 58.6 Å². The molecule has 0 atom stereocenters. The number of unbranched alkanes of at least 4 members (excludes halogenated alkanes) is 1. The first kappa shape index (κ1) is 23.0. The molecule has 0 saturated heterocycles. The van der Waals surface area contributed by atoms with Crippen LogP contribution in [0.15, 0.2) is 28.7 Å². The van der Waals surface area contributed by atoms with Crippen LogP contribution in [0.25, 0.3) is 0 Å². The lowest BCUT2D eigenvalue weighted by Crippen LogP contribution is -2.41. The Labute approximate surface area is 186 Å². The number of aryl methyl sites for hydroxylation is 2. The maximum Gasteiger partial charge on any atom is 0.305 e. The highest BCUT2D eigenvalue weighted by Gasteiger charge is 2.39. The van der Waals surface area contributed by atoms with Crippen LogP contribution in [-0.2, 0) is 21.4 Å². The molecule has 1 aromatic heterocycles. The summed E-state index contributed by atoms with van der Waals surface area (Å²) in [5.41, 5.74) is 3.18. The molecule has 0 saturated carbocycles. The second-order valence-electron chi connectivity index (χ2n) is 9.61. The van der Waals surface area contributed by atoms with Crippen molar-refractivity contribution in [1.82, 2.24) is 0 Å². The van der Waals surface area contributed by atoms with Crippen LogP contribution in [-0.4, -0.2) is 18.2 Å². The molecular weight excluding hydrogens is 388 g/mol. The SMILES string of the molecule is CCOC(=O)CCCCc1ccc(C#Cc2cc3c(cc2C)OC(C)(C)CC3(C)C)o1. The Morgan fingerprint density at radius 1 is 1.13 bits per heavy atom. The molecule has 0 unspecified atom stereocenters. The summed E-state index contributed by atoms with van der Waals surface area (Å²) >= 11 is 0. The maximum atomic E-state index is 11.4. The molecule has 0 N–H and O–H groups in total. The summed E-state index contributed by atoms with van der Waals surface area (Å²) in [4.78, 5) is 11.4. The van der Waals surface area contributed by atoms with Crippen LogP contribution in [0.2, 0.25) is 0 Å². The van der Waals surface area contributed by atoms with Gasteiger partial charge >= 0.3 is 5.97 Å². The number of rotatable bonds is 6. The van der Waals surface area contributed by atoms with Crippen molar-refractivity contribution >= 4 is 5.97 Å². The fraction of sp³-hybridized carbons (Fsp3) is 0.519. The van der Waals surface area contributed by atoms with Gasteiger partial charge in [0.05, 0.1) is 6.61 Å². The molecule has 2 aromatic rings. The topological polar surface area (TPSA) is 48.7 Å². The number of ether oxygens (including phenoxy) is 2. The normalized spacial score (nSPS) is 15.9. The molecule has 166 valence electrons. The third kappa shape index (κ3) is 5.94. The number of esters is 1. The van der Waals surface area contributed by atoms with Crippen LogP contribution in [0.5, 0.6) is 5.75 Å². The van der Waals surface area contributed by atoms with E-state index in [4.69, 9.17) is 13.9 Å². The van der Waals surface area contributed by atoms with Gasteiger partial charge in [-0.25, -0.2) is 0 Å². The zero-order valence-electron chi connectivity index (χ0n) is 19.7. The molecule has 0 aliphatic carbocycles. The second kappa shape index (κ2) is 9.22. The molecule has 0 bridgehead atoms. The predicted octanol–water partition coefficient (Wildman–Crippen LogP) is 6.10. The van der Waals surface area contributed by atoms with E-state index >= 15 is 0 Å². The van der Waals surface area contributed by atoms with Crippen LogP contribution in [0.1, 0.15) is 88.5 Å². The predicted molar refractivity (Wildman–Crippen MR) is 122 cm³/mol. The standard InChI is InChI=1S/C27H34O4/c1-7-29-25(28)11-9-8-10-21-14-15-22(30-21)13-12-20-17-23-24(16-19(20)2)31-27(5,6)18-26(23,3)4/h14-17H,7-11,18H2,1-6H3. The highest BCUT2D eigenvalue weighted by Crippen LogP contribution is 2.45. The zero-order chi connectivity index (χ0) is 22.6. The van der Waals surface area contributed by atoms with Crippen molar-refractivity contribution in [3.63, 3.8) is 0 Å². The van der Waals surface area contributed by atoms with Crippen molar-refractivity contribution < 1.29 is 18.7 Å². The second-order valence-corrected chi connectivity index (χ2v) is 9.61. The molecule has 0 fully saturated rings. The van der Waals surface area contributed by atoms with E-state index in [0.717, 1.165) is 48.3 Å². The largest absolute Gasteiger partial charge is 0.488 e. The molecule has 1 aliphatic heterocycles. The average Bonchev–Trinajstić information content (AvgIpc) is 3.10. The fourth-order valence-corrected chi connectivity index (χ4v) is 4.43. The lowest BCUT2D eigenvalue weighted by atomic mass is 9.73. The first-order chi connectivity index (χ1) is 14.6. The molecule has 0 spiro atoms. The Bertz CT molecular complexity index is 998. The van der Waals surface area contributed by atoms with Crippen LogP contribution >= 0.6 is 0 Å². The summed E-state index contributed by atoms with van der Waals surface area (Å²) in [6.07, 6.45) is 3.88. The quantitative estimate of drug-likeness (QED) is 0.320. The van der Waals surface area contributed by atoms with Gasteiger partial charge in [-0.1, -0.05) is 19.8 Å². The summed E-state index contributed by atoms with van der Waals surface area (Å²) in [6, 6.07) is 8.16. The van der Waals surface area contributed by atoms with Gasteiger partial charge in [-0.15, -0.1) is 0 Å². The van der Waals surface area contributed by atoms with Gasteiger partial charge in [0.25, 0.3) is 0 Å². The van der Waals surface area contributed by atoms with Crippen molar-refractivity contribution in [3.05, 3.63) is 52.5 Å². The average molecular weight is 423 g/mol. The summed E-state index contributed by atoms with van der Waals surface area (Å²) in [7, 11) is 0. The van der Waals surface area contributed by atoms with Crippen LogP contribution in [0.4, 0.5) is 0 Å². The third-order valence-electron chi connectivity index (χ3n) is 5.65. The first-order valence-electron chi connectivity index (χ1n) is 11.2. The molecular formula is C27H34O4. The van der Waals surface area contributed by atoms with E-state index < -0.39 is 0 Å². The maximum absolute atomic E-state index is 11.4. The molecule has 1 aromatic carbocycles. The molecule has 0 radical (unpaired) electrons. The first-order valence-corrected chi connectivity index (χ1v) is 11.2. The number of hydrogen-bond donors (Lipinski definition) is 0. The molecule has 1 aliphatic rings. The van der Waals surface area contributed by atoms with E-state index in [9.17, 15) is 4.79 Å². The van der Waals surface area contributed by atoms with E-state index in [0.29, 0.717) is 18.8 Å². The van der Waals surface area contributed by atoms with Crippen LogP contribution in [0.3, 0.4) is 0 Å². The number of hydrogen-bond acceptors (Lipinski definition) is 4. The molecule has 31 heavy (non-hydrogen) atoms. The van der Waals surface area contributed by atoms with Crippen molar-refractivity contribution in [2.24, 2.45) is 0 Å². The fourth-order valence-electron chi connectivity index (χ4n) is 4.43. The molecule has 2 heterocycles. The number of fused-ring (bicyclic) bond motifs is 1. The Morgan fingerprint density at radius 3 is 2.65 bits per heavy atom. The van der Waals surface area contributed by atoms with Crippen LogP contribution < -0.4 is 4.74 Å². The summed E-state index contributed by atoms with van der Waals surface area (Å²) in [5.74, 6) is 8.84. The summed E-state index contributed by atoms with van der Waals surface area (Å²) < 4.78 is 17.1. The number of furan rings is 1. The highest BCUT2D eigenvalue weighted by atomic mass is 16.5. The lowest BCUT2D eigenvalue weighted by molar-refractivity contribution is -0.143. The van der Waals surface area contributed by atoms with Gasteiger partial charge in [0.2, 0.25) is 0 Å². The Kier molecular flexibility index (Phi) is 6.84. The number of carbonyl (C=O) groups is 1. The molecule has 3 rings (SSSR count). The van der Waals surface area contributed by atoms with Crippen molar-refractivity contribution in [2.75, 3.05) is 6.61 Å². The Morgan fingerprint density at radius 2 is 1.90 bits per heavy atom. The number of carbonyl (C=O) groups excluding carboxylic acids is 1. The third-order valence-corrected chi connectivity index (χ3v) is 5.65. The monoisotopic (exact) mass is 422 g/mol. The van der Waals surface area contributed by atoms with E-state index in [-0.39, 0.29) is 17.0 Å². The van der Waals surface area contributed by atoms with Gasteiger partial charge in [-0.3, -0.25) is 4.79 Å². The van der Waals surface area contributed by atoms with Gasteiger partial charge in [0.1, 0.15) is 17.1 Å². The molecule has 0 amide bonds. The van der Waals surface area contributed by atoms with E-state index in [1.165, 1.54) is 5.56 Å².